The fourth-order valence-electron chi connectivity index (χ4n) is 1.28. The van der Waals surface area contributed by atoms with Crippen LogP contribution in [-0.4, -0.2) is 25.1 Å². The van der Waals surface area contributed by atoms with E-state index >= 15 is 0 Å². The lowest BCUT2D eigenvalue weighted by molar-refractivity contribution is 0.100. The molecule has 1 unspecified atom stereocenters. The minimum absolute atomic E-state index is 0.413. The Kier molecular flexibility index (Phi) is 3.24. The molecule has 0 aliphatic carbocycles. The van der Waals surface area contributed by atoms with Gasteiger partial charge in [0.05, 0.1) is 18.6 Å². The number of nitrogens with one attached hydrogen (secondary N) is 1. The summed E-state index contributed by atoms with van der Waals surface area (Å²) in [4.78, 5) is 1.30. The molecule has 1 aromatic carbocycles. The molecule has 2 nitrogen and oxygen atoms in total. The Morgan fingerprint density at radius 3 is 2.85 bits per heavy atom. The molecule has 0 amide bonds. The summed E-state index contributed by atoms with van der Waals surface area (Å²) in [7, 11) is 0. The fraction of sp³-hybridized carbons (Fsp3) is 0.400. The van der Waals surface area contributed by atoms with Crippen LogP contribution in [0.4, 0.5) is 0 Å². The highest BCUT2D eigenvalue weighted by atomic mass is 32.2. The number of rotatable bonds is 2. The first kappa shape index (κ1) is 9.06. The van der Waals surface area contributed by atoms with Crippen molar-refractivity contribution in [1.82, 2.24) is 5.32 Å². The Bertz CT molecular complexity index is 246. The van der Waals surface area contributed by atoms with Gasteiger partial charge in [0.25, 0.3) is 0 Å². The Balaban J connectivity index is 1.90. The molecular weight excluding hydrogens is 182 g/mol. The second-order valence-corrected chi connectivity index (χ2v) is 4.22. The zero-order valence-corrected chi connectivity index (χ0v) is 8.22. The van der Waals surface area contributed by atoms with Gasteiger partial charge < -0.3 is 10.1 Å². The Morgan fingerprint density at radius 1 is 1.31 bits per heavy atom. The van der Waals surface area contributed by atoms with Gasteiger partial charge in [-0.3, -0.25) is 0 Å². The maximum atomic E-state index is 5.37. The molecule has 0 spiro atoms. The molecule has 0 aromatic heterocycles. The number of ether oxygens (including phenoxy) is 1. The van der Waals surface area contributed by atoms with E-state index in [1.165, 1.54) is 4.90 Å². The van der Waals surface area contributed by atoms with Crippen LogP contribution in [0.3, 0.4) is 0 Å². The number of morpholine rings is 1. The molecule has 13 heavy (non-hydrogen) atoms. The summed E-state index contributed by atoms with van der Waals surface area (Å²) in [5.74, 6) is 0. The lowest BCUT2D eigenvalue weighted by Gasteiger charge is -2.23. The molecule has 2 rings (SSSR count). The minimum atomic E-state index is 0.413. The average Bonchev–Trinajstić information content (AvgIpc) is 2.21. The van der Waals surface area contributed by atoms with Crippen molar-refractivity contribution in [3.63, 3.8) is 0 Å². The summed E-state index contributed by atoms with van der Waals surface area (Å²) >= 11 is 1.83. The van der Waals surface area contributed by atoms with Crippen molar-refractivity contribution in [2.45, 2.75) is 10.3 Å². The van der Waals surface area contributed by atoms with Crippen LogP contribution in [-0.2, 0) is 4.74 Å². The molecule has 1 aliphatic rings. The predicted molar refractivity (Wildman–Crippen MR) is 54.9 cm³/mol. The van der Waals surface area contributed by atoms with Crippen molar-refractivity contribution in [3.05, 3.63) is 30.3 Å². The molecule has 70 valence electrons. The van der Waals surface area contributed by atoms with Crippen molar-refractivity contribution in [3.8, 4) is 0 Å². The molecule has 0 radical (unpaired) electrons. The van der Waals surface area contributed by atoms with Gasteiger partial charge in [-0.15, -0.1) is 11.8 Å². The van der Waals surface area contributed by atoms with Crippen LogP contribution < -0.4 is 5.32 Å². The van der Waals surface area contributed by atoms with Crippen LogP contribution in [0.15, 0.2) is 35.2 Å². The van der Waals surface area contributed by atoms with E-state index in [0.29, 0.717) is 5.37 Å². The standard InChI is InChI=1S/C10H13NOS/c1-2-4-9(5-3-1)13-10-8-12-7-6-11-10/h1-5,10-11H,6-8H2. The van der Waals surface area contributed by atoms with Crippen LogP contribution >= 0.6 is 11.8 Å². The second-order valence-electron chi connectivity index (χ2n) is 2.95. The Morgan fingerprint density at radius 2 is 2.15 bits per heavy atom. The number of hydrogen-bond donors (Lipinski definition) is 1. The normalized spacial score (nSPS) is 22.9. The summed E-state index contributed by atoms with van der Waals surface area (Å²) in [6.07, 6.45) is 0. The maximum absolute atomic E-state index is 5.37. The van der Waals surface area contributed by atoms with E-state index in [0.717, 1.165) is 19.8 Å². The van der Waals surface area contributed by atoms with Crippen LogP contribution in [0.2, 0.25) is 0 Å². The van der Waals surface area contributed by atoms with Crippen LogP contribution in [0.5, 0.6) is 0 Å². The third-order valence-corrected chi connectivity index (χ3v) is 3.04. The van der Waals surface area contributed by atoms with Crippen LogP contribution in [0.1, 0.15) is 0 Å². The van der Waals surface area contributed by atoms with E-state index in [1.54, 1.807) is 0 Å². The summed E-state index contributed by atoms with van der Waals surface area (Å²) < 4.78 is 5.37. The minimum Gasteiger partial charge on any atom is -0.378 e. The second kappa shape index (κ2) is 4.65. The van der Waals surface area contributed by atoms with Crippen molar-refractivity contribution in [2.24, 2.45) is 0 Å². The van der Waals surface area contributed by atoms with Gasteiger partial charge in [-0.2, -0.15) is 0 Å². The largest absolute Gasteiger partial charge is 0.378 e. The smallest absolute Gasteiger partial charge is 0.0817 e. The van der Waals surface area contributed by atoms with Crippen LogP contribution in [0.25, 0.3) is 0 Å². The lowest BCUT2D eigenvalue weighted by Crippen LogP contribution is -2.38. The topological polar surface area (TPSA) is 21.3 Å². The molecule has 1 N–H and O–H groups in total. The number of thioether (sulfide) groups is 1. The third-order valence-electron chi connectivity index (χ3n) is 1.91. The molecule has 1 atom stereocenters. The van der Waals surface area contributed by atoms with E-state index in [4.69, 9.17) is 4.74 Å². The van der Waals surface area contributed by atoms with E-state index in [2.05, 4.69) is 29.6 Å². The van der Waals surface area contributed by atoms with Crippen LogP contribution in [0, 0.1) is 0 Å². The zero-order chi connectivity index (χ0) is 8.93. The van der Waals surface area contributed by atoms with Crippen molar-refractivity contribution in [1.29, 1.82) is 0 Å². The van der Waals surface area contributed by atoms with E-state index < -0.39 is 0 Å². The zero-order valence-electron chi connectivity index (χ0n) is 7.40. The molecule has 1 heterocycles. The molecule has 1 fully saturated rings. The molecule has 1 aromatic rings. The maximum Gasteiger partial charge on any atom is 0.0817 e. The van der Waals surface area contributed by atoms with Crippen molar-refractivity contribution < 1.29 is 4.74 Å². The van der Waals surface area contributed by atoms with Crippen molar-refractivity contribution >= 4 is 11.8 Å². The van der Waals surface area contributed by atoms with E-state index in [9.17, 15) is 0 Å². The average molecular weight is 195 g/mol. The molecule has 1 saturated heterocycles. The van der Waals surface area contributed by atoms with Crippen molar-refractivity contribution in [2.75, 3.05) is 19.8 Å². The van der Waals surface area contributed by atoms with Gasteiger partial charge in [0.2, 0.25) is 0 Å². The molecule has 1 aliphatic heterocycles. The van der Waals surface area contributed by atoms with Gasteiger partial charge in [0.1, 0.15) is 0 Å². The first-order valence-corrected chi connectivity index (χ1v) is 5.36. The molecule has 0 bridgehead atoms. The molecule has 3 heteroatoms. The first-order valence-electron chi connectivity index (χ1n) is 4.48. The van der Waals surface area contributed by atoms with E-state index in [-0.39, 0.29) is 0 Å². The van der Waals surface area contributed by atoms with Gasteiger partial charge >= 0.3 is 0 Å². The highest BCUT2D eigenvalue weighted by molar-refractivity contribution is 8.00. The third kappa shape index (κ3) is 2.72. The van der Waals surface area contributed by atoms with Gasteiger partial charge in [-0.05, 0) is 12.1 Å². The lowest BCUT2D eigenvalue weighted by atomic mass is 10.4. The Labute approximate surface area is 82.7 Å². The summed E-state index contributed by atoms with van der Waals surface area (Å²) in [6.45, 7) is 2.61. The predicted octanol–water partition coefficient (Wildman–Crippen LogP) is 1.72. The van der Waals surface area contributed by atoms with Gasteiger partial charge in [-0.25, -0.2) is 0 Å². The fourth-order valence-corrected chi connectivity index (χ4v) is 2.29. The SMILES string of the molecule is c1ccc(SC2COCCN2)cc1. The van der Waals surface area contributed by atoms with Gasteiger partial charge in [0.15, 0.2) is 0 Å². The highest BCUT2D eigenvalue weighted by Gasteiger charge is 2.13. The van der Waals surface area contributed by atoms with Gasteiger partial charge in [0, 0.05) is 11.4 Å². The quantitative estimate of drug-likeness (QED) is 0.776. The number of benzene rings is 1. The molecular formula is C10H13NOS. The monoisotopic (exact) mass is 195 g/mol. The summed E-state index contributed by atoms with van der Waals surface area (Å²) in [5, 5.41) is 3.82. The van der Waals surface area contributed by atoms with Gasteiger partial charge in [-0.1, -0.05) is 18.2 Å². The highest BCUT2D eigenvalue weighted by Crippen LogP contribution is 2.22. The Hall–Kier alpha value is -0.510. The van der Waals surface area contributed by atoms with E-state index in [1.807, 2.05) is 17.8 Å². The number of hydrogen-bond acceptors (Lipinski definition) is 3. The first-order chi connectivity index (χ1) is 6.45. The summed E-state index contributed by atoms with van der Waals surface area (Å²) in [6, 6.07) is 10.4. The summed E-state index contributed by atoms with van der Waals surface area (Å²) in [5.41, 5.74) is 0. The molecule has 0 saturated carbocycles.